The topological polar surface area (TPSA) is 34.2 Å². The molecule has 1 heterocycles. The zero-order chi connectivity index (χ0) is 8.97. The van der Waals surface area contributed by atoms with Crippen molar-refractivity contribution >= 4 is 22.6 Å². The largest absolute Gasteiger partial charge is 0.481 e. The van der Waals surface area contributed by atoms with Crippen LogP contribution in [-0.4, -0.2) is 19.1 Å². The normalized spacial score (nSPS) is 9.92. The fourth-order valence-corrected chi connectivity index (χ4v) is 1.55. The number of hydrogen-bond donors (Lipinski definition) is 1. The van der Waals surface area contributed by atoms with Crippen LogP contribution in [0, 0.1) is 3.57 Å². The van der Waals surface area contributed by atoms with Crippen molar-refractivity contribution in [2.45, 2.75) is 6.54 Å². The molecule has 0 atom stereocenters. The molecule has 0 saturated heterocycles. The lowest BCUT2D eigenvalue weighted by atomic mass is 10.3. The number of nitrogens with zero attached hydrogens (tertiary/aromatic N) is 1. The minimum Gasteiger partial charge on any atom is -0.481 e. The molecule has 3 nitrogen and oxygen atoms in total. The standard InChI is InChI=1S/C8H11IN2O/c1-10-5-6-7(9)3-4-11-8(6)12-2/h3-4,10H,5H2,1-2H3. The molecule has 0 unspecified atom stereocenters. The van der Waals surface area contributed by atoms with Gasteiger partial charge in [0, 0.05) is 21.9 Å². The third-order valence-electron chi connectivity index (χ3n) is 1.51. The van der Waals surface area contributed by atoms with Crippen LogP contribution in [0.3, 0.4) is 0 Å². The highest BCUT2D eigenvalue weighted by Gasteiger charge is 2.06. The highest BCUT2D eigenvalue weighted by Crippen LogP contribution is 2.20. The Balaban J connectivity index is 3.02. The molecule has 0 aliphatic heterocycles. The highest BCUT2D eigenvalue weighted by molar-refractivity contribution is 14.1. The summed E-state index contributed by atoms with van der Waals surface area (Å²) in [7, 11) is 3.54. The van der Waals surface area contributed by atoms with E-state index in [9.17, 15) is 0 Å². The summed E-state index contributed by atoms with van der Waals surface area (Å²) < 4.78 is 6.30. The zero-order valence-electron chi connectivity index (χ0n) is 7.10. The van der Waals surface area contributed by atoms with E-state index in [-0.39, 0.29) is 0 Å². The van der Waals surface area contributed by atoms with Crippen LogP contribution in [-0.2, 0) is 6.54 Å². The van der Waals surface area contributed by atoms with Crippen LogP contribution >= 0.6 is 22.6 Å². The average molecular weight is 278 g/mol. The Morgan fingerprint density at radius 2 is 2.42 bits per heavy atom. The second kappa shape index (κ2) is 4.61. The van der Waals surface area contributed by atoms with Crippen molar-refractivity contribution in [2.75, 3.05) is 14.2 Å². The van der Waals surface area contributed by atoms with Gasteiger partial charge in [0.2, 0.25) is 5.88 Å². The summed E-state index contributed by atoms with van der Waals surface area (Å²) in [4.78, 5) is 4.11. The lowest BCUT2D eigenvalue weighted by molar-refractivity contribution is 0.391. The van der Waals surface area contributed by atoms with Crippen molar-refractivity contribution in [1.82, 2.24) is 10.3 Å². The monoisotopic (exact) mass is 278 g/mol. The molecule has 0 amide bonds. The number of nitrogens with one attached hydrogen (secondary N) is 1. The summed E-state index contributed by atoms with van der Waals surface area (Å²) in [6, 6.07) is 1.97. The predicted molar refractivity (Wildman–Crippen MR) is 56.3 cm³/mol. The van der Waals surface area contributed by atoms with Crippen molar-refractivity contribution in [2.24, 2.45) is 0 Å². The van der Waals surface area contributed by atoms with Crippen molar-refractivity contribution in [3.05, 3.63) is 21.4 Å². The van der Waals surface area contributed by atoms with Gasteiger partial charge in [-0.05, 0) is 35.7 Å². The van der Waals surface area contributed by atoms with Crippen LogP contribution in [0.1, 0.15) is 5.56 Å². The van der Waals surface area contributed by atoms with Crippen LogP contribution < -0.4 is 10.1 Å². The van der Waals surface area contributed by atoms with Crippen LogP contribution in [0.4, 0.5) is 0 Å². The smallest absolute Gasteiger partial charge is 0.218 e. The number of aromatic nitrogens is 1. The average Bonchev–Trinajstić information content (AvgIpc) is 2.09. The molecule has 1 aromatic heterocycles. The molecule has 12 heavy (non-hydrogen) atoms. The fourth-order valence-electron chi connectivity index (χ4n) is 0.964. The molecular formula is C8H11IN2O. The summed E-state index contributed by atoms with van der Waals surface area (Å²) >= 11 is 2.27. The van der Waals surface area contributed by atoms with Crippen molar-refractivity contribution < 1.29 is 4.74 Å². The van der Waals surface area contributed by atoms with Gasteiger partial charge in [-0.2, -0.15) is 0 Å². The third kappa shape index (κ3) is 2.07. The molecule has 1 rings (SSSR count). The SMILES string of the molecule is CNCc1c(I)ccnc1OC. The first-order valence-corrected chi connectivity index (χ1v) is 4.69. The minimum atomic E-state index is 0.705. The maximum atomic E-state index is 5.12. The van der Waals surface area contributed by atoms with E-state index in [0.29, 0.717) is 5.88 Å². The van der Waals surface area contributed by atoms with Gasteiger partial charge in [-0.25, -0.2) is 4.98 Å². The second-order valence-corrected chi connectivity index (χ2v) is 3.47. The Kier molecular flexibility index (Phi) is 3.74. The van der Waals surface area contributed by atoms with E-state index in [0.717, 1.165) is 12.1 Å². The van der Waals surface area contributed by atoms with E-state index in [1.807, 2.05) is 13.1 Å². The van der Waals surface area contributed by atoms with Crippen molar-refractivity contribution in [1.29, 1.82) is 0 Å². The molecule has 0 bridgehead atoms. The van der Waals surface area contributed by atoms with Crippen LogP contribution in [0.15, 0.2) is 12.3 Å². The lowest BCUT2D eigenvalue weighted by Crippen LogP contribution is -2.09. The highest BCUT2D eigenvalue weighted by atomic mass is 127. The maximum absolute atomic E-state index is 5.12. The Morgan fingerprint density at radius 1 is 1.67 bits per heavy atom. The Labute approximate surface area is 85.7 Å². The number of methoxy groups -OCH3 is 1. The number of hydrogen-bond acceptors (Lipinski definition) is 3. The van der Waals surface area contributed by atoms with E-state index in [2.05, 4.69) is 32.9 Å². The molecule has 0 radical (unpaired) electrons. The summed E-state index contributed by atoms with van der Waals surface area (Å²) in [6.07, 6.45) is 1.75. The maximum Gasteiger partial charge on any atom is 0.218 e. The number of rotatable bonds is 3. The molecule has 0 fully saturated rings. The van der Waals surface area contributed by atoms with Gasteiger partial charge in [-0.3, -0.25) is 0 Å². The van der Waals surface area contributed by atoms with Gasteiger partial charge < -0.3 is 10.1 Å². The molecular weight excluding hydrogens is 267 g/mol. The molecule has 0 spiro atoms. The Hall–Kier alpha value is -0.360. The summed E-state index contributed by atoms with van der Waals surface area (Å²) in [5, 5.41) is 3.07. The second-order valence-electron chi connectivity index (χ2n) is 2.31. The zero-order valence-corrected chi connectivity index (χ0v) is 9.25. The van der Waals surface area contributed by atoms with Gasteiger partial charge in [0.1, 0.15) is 0 Å². The first-order chi connectivity index (χ1) is 5.79. The number of pyridine rings is 1. The molecule has 1 aromatic rings. The van der Waals surface area contributed by atoms with Gasteiger partial charge in [-0.1, -0.05) is 0 Å². The Morgan fingerprint density at radius 3 is 3.00 bits per heavy atom. The van der Waals surface area contributed by atoms with Gasteiger partial charge >= 0.3 is 0 Å². The summed E-state index contributed by atoms with van der Waals surface area (Å²) in [6.45, 7) is 0.787. The molecule has 0 aromatic carbocycles. The molecule has 1 N–H and O–H groups in total. The lowest BCUT2D eigenvalue weighted by Gasteiger charge is -2.07. The van der Waals surface area contributed by atoms with Crippen LogP contribution in [0.25, 0.3) is 0 Å². The summed E-state index contributed by atoms with van der Waals surface area (Å²) in [5.41, 5.74) is 1.11. The van der Waals surface area contributed by atoms with Crippen molar-refractivity contribution in [3.63, 3.8) is 0 Å². The van der Waals surface area contributed by atoms with E-state index < -0.39 is 0 Å². The molecule has 66 valence electrons. The first-order valence-electron chi connectivity index (χ1n) is 3.61. The van der Waals surface area contributed by atoms with Crippen molar-refractivity contribution in [3.8, 4) is 5.88 Å². The van der Waals surface area contributed by atoms with Crippen LogP contribution in [0.2, 0.25) is 0 Å². The molecule has 0 aliphatic carbocycles. The minimum absolute atomic E-state index is 0.705. The first kappa shape index (κ1) is 9.73. The van der Waals surface area contributed by atoms with Gasteiger partial charge in [-0.15, -0.1) is 0 Å². The van der Waals surface area contributed by atoms with Gasteiger partial charge in [0.25, 0.3) is 0 Å². The van der Waals surface area contributed by atoms with E-state index in [1.54, 1.807) is 13.3 Å². The van der Waals surface area contributed by atoms with E-state index in [4.69, 9.17) is 4.74 Å². The molecule has 0 aliphatic rings. The molecule has 0 saturated carbocycles. The summed E-state index contributed by atoms with van der Waals surface area (Å²) in [5.74, 6) is 0.705. The predicted octanol–water partition coefficient (Wildman–Crippen LogP) is 1.41. The van der Waals surface area contributed by atoms with E-state index in [1.165, 1.54) is 3.57 Å². The van der Waals surface area contributed by atoms with E-state index >= 15 is 0 Å². The fraction of sp³-hybridized carbons (Fsp3) is 0.375. The van der Waals surface area contributed by atoms with Gasteiger partial charge in [0.15, 0.2) is 0 Å². The third-order valence-corrected chi connectivity index (χ3v) is 2.52. The van der Waals surface area contributed by atoms with Gasteiger partial charge in [0.05, 0.1) is 7.11 Å². The number of ether oxygens (including phenoxy) is 1. The molecule has 4 heteroatoms. The quantitative estimate of drug-likeness (QED) is 0.849. The van der Waals surface area contributed by atoms with Crippen LogP contribution in [0.5, 0.6) is 5.88 Å². The Bertz CT molecular complexity index is 265. The number of halogens is 1.